The fourth-order valence-electron chi connectivity index (χ4n) is 8.55. The Morgan fingerprint density at radius 1 is 0.351 bits per heavy atom. The van der Waals surface area contributed by atoms with Gasteiger partial charge >= 0.3 is 5.97 Å². The molecule has 3 rings (SSSR count). The fraction of sp³-hybridized carbons (Fsp3) is 0.885. The number of benzene rings is 1. The number of rotatable bonds is 44. The number of hydrogen-bond acceptors (Lipinski definition) is 5. The van der Waals surface area contributed by atoms with Gasteiger partial charge in [-0.3, -0.25) is 0 Å². The second kappa shape index (κ2) is 37.7. The van der Waals surface area contributed by atoms with E-state index >= 15 is 0 Å². The summed E-state index contributed by atoms with van der Waals surface area (Å²) in [6.07, 6.45) is 45.7. The average Bonchev–Trinajstić information content (AvgIpc) is 3.51. The molecule has 2 aliphatic heterocycles. The van der Waals surface area contributed by atoms with Crippen LogP contribution in [-0.4, -0.2) is 61.6 Å². The summed E-state index contributed by atoms with van der Waals surface area (Å²) in [5.74, 6) is 0.634. The molecule has 0 saturated heterocycles. The third-order valence-corrected chi connectivity index (χ3v) is 12.4. The molecule has 0 aliphatic carbocycles. The van der Waals surface area contributed by atoms with E-state index in [0.29, 0.717) is 6.61 Å². The summed E-state index contributed by atoms with van der Waals surface area (Å²) < 4.78 is 20.0. The van der Waals surface area contributed by atoms with Gasteiger partial charge in [-0.15, -0.1) is 0 Å². The monoisotopic (exact) mass is 799 g/mol. The Morgan fingerprint density at radius 3 is 0.930 bits per heavy atom. The summed E-state index contributed by atoms with van der Waals surface area (Å²) in [7, 11) is 0. The Labute approximate surface area is 356 Å². The van der Waals surface area contributed by atoms with Gasteiger partial charge in [-0.1, -0.05) is 207 Å². The minimum atomic E-state index is -1.06. The molecular formula is C52H98N2O3. The first-order chi connectivity index (χ1) is 28.1. The molecule has 1 aromatic rings. The van der Waals surface area contributed by atoms with E-state index in [1.807, 2.05) is 24.3 Å². The van der Waals surface area contributed by atoms with Gasteiger partial charge in [0.05, 0.1) is 13.0 Å². The van der Waals surface area contributed by atoms with Gasteiger partial charge in [0.2, 0.25) is 0 Å². The molecule has 0 unspecified atom stereocenters. The van der Waals surface area contributed by atoms with Gasteiger partial charge in [0.25, 0.3) is 0 Å². The van der Waals surface area contributed by atoms with Gasteiger partial charge in [0, 0.05) is 13.1 Å². The first kappa shape index (κ1) is 51.8. The zero-order valence-corrected chi connectivity index (χ0v) is 38.9. The summed E-state index contributed by atoms with van der Waals surface area (Å²) in [5.41, 5.74) is 0. The van der Waals surface area contributed by atoms with Gasteiger partial charge in [0.15, 0.2) is 0 Å². The van der Waals surface area contributed by atoms with E-state index in [1.54, 1.807) is 0 Å². The number of hydrogen-bond donors (Lipinski definition) is 0. The van der Waals surface area contributed by atoms with Crippen LogP contribution < -0.4 is 9.47 Å². The largest absolute Gasteiger partial charge is 0.430 e. The summed E-state index contributed by atoms with van der Waals surface area (Å²) in [5, 5.41) is 0. The highest BCUT2D eigenvalue weighted by molar-refractivity contribution is 5.33. The summed E-state index contributed by atoms with van der Waals surface area (Å²) >= 11 is 0. The van der Waals surface area contributed by atoms with Crippen LogP contribution in [0.2, 0.25) is 0 Å². The molecule has 2 heterocycles. The molecule has 0 radical (unpaired) electrons. The fourth-order valence-corrected chi connectivity index (χ4v) is 8.55. The van der Waals surface area contributed by atoms with Crippen LogP contribution in [0.15, 0.2) is 24.3 Å². The number of ether oxygens (including phenoxy) is 3. The first-order valence-electron chi connectivity index (χ1n) is 25.7. The molecule has 0 N–H and O–H groups in total. The quantitative estimate of drug-likeness (QED) is 0.0614. The lowest BCUT2D eigenvalue weighted by molar-refractivity contribution is -0.304. The lowest BCUT2D eigenvalue weighted by atomic mass is 10.1. The SMILES string of the molecule is CCCCCCCCCCN(CCCCCCCCCC)CCCOC1(CCN(CCCCCCCCCC)CCCCCCCCCC)Oc2ccc(cc2)O1. The van der Waals surface area contributed by atoms with Crippen LogP contribution in [0.1, 0.15) is 246 Å². The van der Waals surface area contributed by atoms with Crippen LogP contribution in [0.5, 0.6) is 11.5 Å². The highest BCUT2D eigenvalue weighted by atomic mass is 16.9. The minimum absolute atomic E-state index is 0.655. The molecule has 57 heavy (non-hydrogen) atoms. The van der Waals surface area contributed by atoms with Gasteiger partial charge in [-0.2, -0.15) is 0 Å². The predicted octanol–water partition coefficient (Wildman–Crippen LogP) is 16.1. The Balaban J connectivity index is 1.93. The topological polar surface area (TPSA) is 34.2 Å². The number of fused-ring (bicyclic) bond motifs is 4. The molecule has 5 nitrogen and oxygen atoms in total. The lowest BCUT2D eigenvalue weighted by Crippen LogP contribution is -2.48. The second-order valence-corrected chi connectivity index (χ2v) is 17.9. The molecule has 0 saturated carbocycles. The standard InChI is InChI=1S/C52H98N2O3/c1-5-9-13-17-21-25-29-33-43-53(44-34-30-26-22-18-14-10-6-2)47-37-49-55-52(56-50-38-39-51(57-52)41-40-50)42-48-54(45-35-31-27-23-19-15-11-7-3)46-36-32-28-24-20-16-12-8-4/h38-41H,5-37,42-49H2,1-4H3. The number of unbranched alkanes of at least 4 members (excludes halogenated alkanes) is 28. The van der Waals surface area contributed by atoms with Crippen molar-refractivity contribution in [3.05, 3.63) is 24.3 Å². The van der Waals surface area contributed by atoms with Gasteiger partial charge in [0.1, 0.15) is 11.5 Å². The van der Waals surface area contributed by atoms with E-state index in [-0.39, 0.29) is 0 Å². The highest BCUT2D eigenvalue weighted by Gasteiger charge is 2.39. The molecule has 0 spiro atoms. The molecule has 2 bridgehead atoms. The van der Waals surface area contributed by atoms with E-state index < -0.39 is 5.97 Å². The average molecular weight is 799 g/mol. The third-order valence-electron chi connectivity index (χ3n) is 12.4. The molecule has 334 valence electrons. The molecule has 0 aromatic heterocycles. The highest BCUT2D eigenvalue weighted by Crippen LogP contribution is 2.33. The molecule has 0 atom stereocenters. The van der Waals surface area contributed by atoms with Gasteiger partial charge in [-0.05, 0) is 82.5 Å². The molecular weight excluding hydrogens is 701 g/mol. The first-order valence-corrected chi connectivity index (χ1v) is 25.7. The van der Waals surface area contributed by atoms with Crippen LogP contribution in [0.25, 0.3) is 0 Å². The predicted molar refractivity (Wildman–Crippen MR) is 249 cm³/mol. The van der Waals surface area contributed by atoms with Crippen molar-refractivity contribution in [1.82, 2.24) is 9.80 Å². The normalized spacial score (nSPS) is 13.4. The van der Waals surface area contributed by atoms with E-state index in [4.69, 9.17) is 14.2 Å². The Kier molecular flexibility index (Phi) is 34.3. The van der Waals surface area contributed by atoms with Crippen LogP contribution in [0.3, 0.4) is 0 Å². The van der Waals surface area contributed by atoms with E-state index in [1.165, 1.54) is 219 Å². The third kappa shape index (κ3) is 28.7. The maximum Gasteiger partial charge on any atom is 0.372 e. The van der Waals surface area contributed by atoms with Crippen molar-refractivity contribution < 1.29 is 14.2 Å². The van der Waals surface area contributed by atoms with E-state index in [9.17, 15) is 0 Å². The van der Waals surface area contributed by atoms with Crippen molar-refractivity contribution >= 4 is 0 Å². The van der Waals surface area contributed by atoms with Crippen molar-refractivity contribution in [1.29, 1.82) is 0 Å². The molecule has 1 aromatic carbocycles. The minimum Gasteiger partial charge on any atom is -0.430 e. The van der Waals surface area contributed by atoms with Crippen LogP contribution >= 0.6 is 0 Å². The maximum atomic E-state index is 6.77. The maximum absolute atomic E-state index is 6.77. The van der Waals surface area contributed by atoms with Gasteiger partial charge in [-0.25, -0.2) is 0 Å². The van der Waals surface area contributed by atoms with E-state index in [0.717, 1.165) is 50.5 Å². The summed E-state index contributed by atoms with van der Waals surface area (Å²) in [4.78, 5) is 5.44. The zero-order chi connectivity index (χ0) is 40.8. The summed E-state index contributed by atoms with van der Waals surface area (Å²) in [6, 6.07) is 8.15. The van der Waals surface area contributed by atoms with Crippen molar-refractivity contribution in [3.63, 3.8) is 0 Å². The van der Waals surface area contributed by atoms with Crippen molar-refractivity contribution in [2.75, 3.05) is 45.9 Å². The van der Waals surface area contributed by atoms with Crippen molar-refractivity contribution in [2.45, 2.75) is 252 Å². The van der Waals surface area contributed by atoms with Crippen molar-refractivity contribution in [2.24, 2.45) is 0 Å². The molecule has 2 aliphatic rings. The Hall–Kier alpha value is -1.30. The number of nitrogens with zero attached hydrogens (tertiary/aromatic N) is 2. The smallest absolute Gasteiger partial charge is 0.372 e. The summed E-state index contributed by atoms with van der Waals surface area (Å²) in [6.45, 7) is 16.7. The molecule has 0 amide bonds. The molecule has 5 heteroatoms. The van der Waals surface area contributed by atoms with Crippen LogP contribution in [0.4, 0.5) is 0 Å². The van der Waals surface area contributed by atoms with Crippen LogP contribution in [0, 0.1) is 0 Å². The lowest BCUT2D eigenvalue weighted by Gasteiger charge is -2.34. The Morgan fingerprint density at radius 2 is 0.614 bits per heavy atom. The second-order valence-electron chi connectivity index (χ2n) is 17.9. The van der Waals surface area contributed by atoms with Crippen molar-refractivity contribution in [3.8, 4) is 11.5 Å². The van der Waals surface area contributed by atoms with E-state index in [2.05, 4.69) is 37.5 Å². The molecule has 0 fully saturated rings. The zero-order valence-electron chi connectivity index (χ0n) is 38.9. The Bertz CT molecular complexity index is 906. The van der Waals surface area contributed by atoms with Gasteiger partial charge < -0.3 is 24.0 Å². The van der Waals surface area contributed by atoms with Crippen LogP contribution in [-0.2, 0) is 4.74 Å².